The summed E-state index contributed by atoms with van der Waals surface area (Å²) in [6.07, 6.45) is 6.07. The zero-order valence-corrected chi connectivity index (χ0v) is 9.11. The Bertz CT molecular complexity index is 370. The molecule has 4 aliphatic carbocycles. The summed E-state index contributed by atoms with van der Waals surface area (Å²) < 4.78 is 5.83. The average molecular weight is 202 g/mol. The van der Waals surface area contributed by atoms with Crippen LogP contribution < -0.4 is 0 Å². The zero-order chi connectivity index (χ0) is 9.57. The first kappa shape index (κ1) is 7.89. The van der Waals surface area contributed by atoms with E-state index in [0.29, 0.717) is 0 Å². The number of ether oxygens (including phenoxy) is 1. The van der Waals surface area contributed by atoms with E-state index in [0.717, 1.165) is 48.7 Å². The number of rotatable bonds is 0. The molecular weight excluding hydrogens is 184 g/mol. The SMILES string of the molecule is C1OCC2CC3CC4CCC5C1=C2C3C45. The third-order valence-corrected chi connectivity index (χ3v) is 6.17. The van der Waals surface area contributed by atoms with Gasteiger partial charge in [0.15, 0.2) is 0 Å². The lowest BCUT2D eigenvalue weighted by Gasteiger charge is -2.24. The molecule has 15 heavy (non-hydrogen) atoms. The van der Waals surface area contributed by atoms with Gasteiger partial charge < -0.3 is 4.74 Å². The van der Waals surface area contributed by atoms with Crippen LogP contribution in [-0.2, 0) is 4.74 Å². The fourth-order valence-corrected chi connectivity index (χ4v) is 6.00. The van der Waals surface area contributed by atoms with Crippen molar-refractivity contribution in [2.75, 3.05) is 13.2 Å². The van der Waals surface area contributed by atoms with Gasteiger partial charge in [-0.1, -0.05) is 5.57 Å². The van der Waals surface area contributed by atoms with Crippen molar-refractivity contribution >= 4 is 0 Å². The van der Waals surface area contributed by atoms with Crippen LogP contribution in [0.2, 0.25) is 0 Å². The lowest BCUT2D eigenvalue weighted by atomic mass is 9.88. The van der Waals surface area contributed by atoms with Crippen LogP contribution in [0.5, 0.6) is 0 Å². The summed E-state index contributed by atoms with van der Waals surface area (Å²) in [6, 6.07) is 0. The average Bonchev–Trinajstić information content (AvgIpc) is 2.88. The quantitative estimate of drug-likeness (QED) is 0.549. The van der Waals surface area contributed by atoms with Crippen molar-refractivity contribution in [2.24, 2.45) is 35.5 Å². The van der Waals surface area contributed by atoms with Gasteiger partial charge in [-0.15, -0.1) is 0 Å². The summed E-state index contributed by atoms with van der Waals surface area (Å²) in [6.45, 7) is 2.05. The minimum absolute atomic E-state index is 0.857. The van der Waals surface area contributed by atoms with Gasteiger partial charge in [-0.05, 0) is 60.8 Å². The van der Waals surface area contributed by atoms with E-state index < -0.39 is 0 Å². The van der Waals surface area contributed by atoms with Crippen molar-refractivity contribution in [2.45, 2.75) is 25.7 Å². The Morgan fingerprint density at radius 1 is 1.07 bits per heavy atom. The molecule has 6 unspecified atom stereocenters. The normalized spacial score (nSPS) is 59.2. The summed E-state index contributed by atoms with van der Waals surface area (Å²) in [7, 11) is 0. The molecule has 3 saturated carbocycles. The molecular formula is C14H18O. The lowest BCUT2D eigenvalue weighted by molar-refractivity contribution is 0.108. The highest BCUT2D eigenvalue weighted by atomic mass is 16.5. The molecule has 0 aromatic carbocycles. The summed E-state index contributed by atoms with van der Waals surface area (Å²) in [4.78, 5) is 0. The van der Waals surface area contributed by atoms with E-state index in [1.807, 2.05) is 5.57 Å². The summed E-state index contributed by atoms with van der Waals surface area (Å²) in [5.74, 6) is 6.15. The van der Waals surface area contributed by atoms with E-state index in [2.05, 4.69) is 0 Å². The van der Waals surface area contributed by atoms with Crippen LogP contribution in [0.3, 0.4) is 0 Å². The van der Waals surface area contributed by atoms with Crippen LogP contribution in [0.15, 0.2) is 11.1 Å². The van der Waals surface area contributed by atoms with Gasteiger partial charge in [-0.3, -0.25) is 0 Å². The molecule has 1 aliphatic heterocycles. The molecule has 1 nitrogen and oxygen atoms in total. The molecule has 1 heterocycles. The summed E-state index contributed by atoms with van der Waals surface area (Å²) in [5.41, 5.74) is 3.73. The molecule has 80 valence electrons. The molecule has 0 bridgehead atoms. The van der Waals surface area contributed by atoms with Crippen LogP contribution in [0.1, 0.15) is 25.7 Å². The third kappa shape index (κ3) is 0.730. The fourth-order valence-electron chi connectivity index (χ4n) is 6.00. The molecule has 6 atom stereocenters. The second kappa shape index (κ2) is 2.34. The first-order chi connectivity index (χ1) is 7.43. The molecule has 0 N–H and O–H groups in total. The first-order valence-electron chi connectivity index (χ1n) is 6.74. The van der Waals surface area contributed by atoms with Gasteiger partial charge in [-0.2, -0.15) is 0 Å². The van der Waals surface area contributed by atoms with Gasteiger partial charge in [0.2, 0.25) is 0 Å². The van der Waals surface area contributed by atoms with E-state index >= 15 is 0 Å². The number of hydrogen-bond acceptors (Lipinski definition) is 1. The maximum Gasteiger partial charge on any atom is 0.0682 e. The van der Waals surface area contributed by atoms with E-state index in [-0.39, 0.29) is 0 Å². The minimum Gasteiger partial charge on any atom is -0.376 e. The molecule has 1 heteroatoms. The van der Waals surface area contributed by atoms with Gasteiger partial charge in [0.05, 0.1) is 13.2 Å². The van der Waals surface area contributed by atoms with Gasteiger partial charge in [0, 0.05) is 5.92 Å². The molecule has 3 fully saturated rings. The molecule has 5 rings (SSSR count). The van der Waals surface area contributed by atoms with Crippen molar-refractivity contribution in [3.63, 3.8) is 0 Å². The zero-order valence-electron chi connectivity index (χ0n) is 9.11. The van der Waals surface area contributed by atoms with Crippen LogP contribution in [0.25, 0.3) is 0 Å². The number of fused-ring (bicyclic) bond motifs is 1. The van der Waals surface area contributed by atoms with E-state index in [1.54, 1.807) is 12.0 Å². The largest absolute Gasteiger partial charge is 0.376 e. The van der Waals surface area contributed by atoms with E-state index in [1.165, 1.54) is 19.3 Å². The van der Waals surface area contributed by atoms with Crippen molar-refractivity contribution in [3.05, 3.63) is 11.1 Å². The van der Waals surface area contributed by atoms with Gasteiger partial charge in [-0.25, -0.2) is 0 Å². The Labute approximate surface area is 90.9 Å². The predicted octanol–water partition coefficient (Wildman–Crippen LogP) is 2.63. The fraction of sp³-hybridized carbons (Fsp3) is 0.857. The highest BCUT2D eigenvalue weighted by molar-refractivity contribution is 5.39. The minimum atomic E-state index is 0.857. The molecule has 0 radical (unpaired) electrons. The van der Waals surface area contributed by atoms with Crippen molar-refractivity contribution in [1.82, 2.24) is 0 Å². The topological polar surface area (TPSA) is 9.23 Å². The van der Waals surface area contributed by atoms with E-state index in [4.69, 9.17) is 4.74 Å². The summed E-state index contributed by atoms with van der Waals surface area (Å²) in [5, 5.41) is 0. The van der Waals surface area contributed by atoms with Gasteiger partial charge in [0.1, 0.15) is 0 Å². The highest BCUT2D eigenvalue weighted by Gasteiger charge is 2.61. The van der Waals surface area contributed by atoms with Crippen LogP contribution in [-0.4, -0.2) is 13.2 Å². The Morgan fingerprint density at radius 3 is 3.07 bits per heavy atom. The highest BCUT2D eigenvalue weighted by Crippen LogP contribution is 2.69. The van der Waals surface area contributed by atoms with Crippen LogP contribution >= 0.6 is 0 Å². The number of hydrogen-bond donors (Lipinski definition) is 0. The predicted molar refractivity (Wildman–Crippen MR) is 57.3 cm³/mol. The maximum atomic E-state index is 5.83. The Morgan fingerprint density at radius 2 is 2.07 bits per heavy atom. The monoisotopic (exact) mass is 202 g/mol. The first-order valence-corrected chi connectivity index (χ1v) is 6.74. The molecule has 0 aromatic rings. The van der Waals surface area contributed by atoms with E-state index in [9.17, 15) is 0 Å². The van der Waals surface area contributed by atoms with Crippen molar-refractivity contribution in [3.8, 4) is 0 Å². The Kier molecular flexibility index (Phi) is 1.23. The van der Waals surface area contributed by atoms with Gasteiger partial charge in [0.25, 0.3) is 0 Å². The molecule has 5 aliphatic rings. The molecule has 0 amide bonds. The maximum absolute atomic E-state index is 5.83. The Balaban J connectivity index is 1.75. The second-order valence-corrected chi connectivity index (χ2v) is 6.47. The molecule has 0 saturated heterocycles. The smallest absolute Gasteiger partial charge is 0.0682 e. The van der Waals surface area contributed by atoms with Crippen LogP contribution in [0, 0.1) is 35.5 Å². The lowest BCUT2D eigenvalue weighted by Crippen LogP contribution is -2.19. The Hall–Kier alpha value is -0.300. The molecule has 0 spiro atoms. The van der Waals surface area contributed by atoms with Gasteiger partial charge >= 0.3 is 0 Å². The summed E-state index contributed by atoms with van der Waals surface area (Å²) >= 11 is 0. The second-order valence-electron chi connectivity index (χ2n) is 6.47. The standard InChI is InChI=1S/C14H18O/c1-2-10-11-6-15-5-9-4-8-3-7(1)12(10)14(8)13(9)11/h7-10,12,14H,1-6H2. The van der Waals surface area contributed by atoms with Crippen molar-refractivity contribution in [1.29, 1.82) is 0 Å². The molecule has 0 aromatic heterocycles. The van der Waals surface area contributed by atoms with Crippen LogP contribution in [0.4, 0.5) is 0 Å². The van der Waals surface area contributed by atoms with Crippen molar-refractivity contribution < 1.29 is 4.74 Å². The third-order valence-electron chi connectivity index (χ3n) is 6.17.